The summed E-state index contributed by atoms with van der Waals surface area (Å²) < 4.78 is 18.7. The molecule has 0 aliphatic carbocycles. The molecule has 1 aromatic heterocycles. The molecular formula is C13H15FN2O3S. The summed E-state index contributed by atoms with van der Waals surface area (Å²) in [6, 6.07) is 4.21. The van der Waals surface area contributed by atoms with E-state index in [4.69, 9.17) is 10.5 Å². The lowest BCUT2D eigenvalue weighted by Gasteiger charge is -2.10. The molecule has 1 amide bonds. The van der Waals surface area contributed by atoms with Gasteiger partial charge in [-0.05, 0) is 18.2 Å². The third-order valence-corrected chi connectivity index (χ3v) is 3.94. The lowest BCUT2D eigenvalue weighted by atomic mass is 10.2. The zero-order chi connectivity index (χ0) is 14.7. The van der Waals surface area contributed by atoms with Crippen molar-refractivity contribution in [3.8, 4) is 0 Å². The lowest BCUT2D eigenvalue weighted by Crippen LogP contribution is -2.34. The smallest absolute Gasteiger partial charge is 0.263 e. The number of hydrogen-bond acceptors (Lipinski definition) is 5. The number of methoxy groups -OCH3 is 1. The number of benzene rings is 1. The molecule has 0 saturated carbocycles. The second-order valence-corrected chi connectivity index (χ2v) is 5.36. The third kappa shape index (κ3) is 3.06. The van der Waals surface area contributed by atoms with Crippen LogP contribution >= 0.6 is 11.3 Å². The van der Waals surface area contributed by atoms with Gasteiger partial charge in [0.2, 0.25) is 0 Å². The highest BCUT2D eigenvalue weighted by Crippen LogP contribution is 2.33. The summed E-state index contributed by atoms with van der Waals surface area (Å²) in [5.74, 6) is -0.788. The van der Waals surface area contributed by atoms with Crippen LogP contribution < -0.4 is 11.1 Å². The van der Waals surface area contributed by atoms with E-state index in [-0.39, 0.29) is 24.7 Å². The van der Waals surface area contributed by atoms with Gasteiger partial charge in [-0.15, -0.1) is 11.3 Å². The van der Waals surface area contributed by atoms with E-state index in [1.165, 1.54) is 30.6 Å². The summed E-state index contributed by atoms with van der Waals surface area (Å²) in [6.07, 6.45) is -0.781. The van der Waals surface area contributed by atoms with Crippen LogP contribution in [-0.4, -0.2) is 37.4 Å². The second-order valence-electron chi connectivity index (χ2n) is 4.30. The van der Waals surface area contributed by atoms with Crippen LogP contribution in [0.3, 0.4) is 0 Å². The van der Waals surface area contributed by atoms with E-state index in [1.807, 2.05) is 0 Å². The Morgan fingerprint density at radius 3 is 3.05 bits per heavy atom. The number of rotatable bonds is 5. The fraction of sp³-hybridized carbons (Fsp3) is 0.308. The predicted octanol–water partition coefficient (Wildman–Crippen LogP) is 1.36. The van der Waals surface area contributed by atoms with Crippen LogP contribution in [0.2, 0.25) is 0 Å². The van der Waals surface area contributed by atoms with Gasteiger partial charge in [0.1, 0.15) is 10.7 Å². The number of nitrogens with two attached hydrogens (primary N) is 1. The van der Waals surface area contributed by atoms with E-state index < -0.39 is 11.9 Å². The maximum Gasteiger partial charge on any atom is 0.263 e. The van der Waals surface area contributed by atoms with Gasteiger partial charge in [0.15, 0.2) is 0 Å². The molecule has 1 unspecified atom stereocenters. The molecule has 2 rings (SSSR count). The molecule has 1 aromatic carbocycles. The molecule has 0 saturated heterocycles. The van der Waals surface area contributed by atoms with E-state index in [1.54, 1.807) is 6.07 Å². The minimum atomic E-state index is -0.781. The summed E-state index contributed by atoms with van der Waals surface area (Å²) in [6.45, 7) is 0.197. The molecule has 0 spiro atoms. The zero-order valence-corrected chi connectivity index (χ0v) is 11.7. The highest BCUT2D eigenvalue weighted by molar-refractivity contribution is 7.21. The Labute approximate surface area is 119 Å². The molecule has 0 radical (unpaired) electrons. The Kier molecular flexibility index (Phi) is 4.53. The van der Waals surface area contributed by atoms with E-state index in [0.717, 1.165) is 4.70 Å². The van der Waals surface area contributed by atoms with Gasteiger partial charge < -0.3 is 20.9 Å². The molecule has 7 heteroatoms. The van der Waals surface area contributed by atoms with Gasteiger partial charge in [0, 0.05) is 23.7 Å². The summed E-state index contributed by atoms with van der Waals surface area (Å²) in [4.78, 5) is 12.3. The number of halogens is 1. The molecule has 0 aliphatic heterocycles. The molecule has 4 N–H and O–H groups in total. The first-order chi connectivity index (χ1) is 9.52. The Hall–Kier alpha value is -1.70. The van der Waals surface area contributed by atoms with Gasteiger partial charge in [0.25, 0.3) is 5.91 Å². The van der Waals surface area contributed by atoms with Crippen LogP contribution in [-0.2, 0) is 4.74 Å². The summed E-state index contributed by atoms with van der Waals surface area (Å²) in [5, 5.41) is 12.6. The van der Waals surface area contributed by atoms with Crippen molar-refractivity contribution in [3.63, 3.8) is 0 Å². The fourth-order valence-corrected chi connectivity index (χ4v) is 2.82. The average Bonchev–Trinajstić information content (AvgIpc) is 2.74. The molecule has 20 heavy (non-hydrogen) atoms. The Morgan fingerprint density at radius 1 is 1.60 bits per heavy atom. The number of fused-ring (bicyclic) bond motifs is 1. The number of aliphatic hydroxyl groups excluding tert-OH is 1. The number of hydrogen-bond donors (Lipinski definition) is 3. The first-order valence-electron chi connectivity index (χ1n) is 5.95. The SMILES string of the molecule is COCC(O)CNC(=O)c1sc2ccc(F)cc2c1N. The van der Waals surface area contributed by atoms with Crippen LogP contribution in [0, 0.1) is 5.82 Å². The number of nitrogen functional groups attached to an aromatic ring is 1. The van der Waals surface area contributed by atoms with Gasteiger partial charge in [0.05, 0.1) is 18.4 Å². The number of carbonyl (C=O) groups is 1. The van der Waals surface area contributed by atoms with Gasteiger partial charge in [-0.2, -0.15) is 0 Å². The Morgan fingerprint density at radius 2 is 2.35 bits per heavy atom. The molecule has 0 fully saturated rings. The maximum atomic E-state index is 13.2. The monoisotopic (exact) mass is 298 g/mol. The van der Waals surface area contributed by atoms with Crippen molar-refractivity contribution in [2.24, 2.45) is 0 Å². The van der Waals surface area contributed by atoms with Crippen LogP contribution in [0.5, 0.6) is 0 Å². The zero-order valence-electron chi connectivity index (χ0n) is 10.9. The number of carbonyl (C=O) groups excluding carboxylic acids is 1. The van der Waals surface area contributed by atoms with Crippen molar-refractivity contribution < 1.29 is 19.0 Å². The van der Waals surface area contributed by atoms with Crippen molar-refractivity contribution in [2.45, 2.75) is 6.10 Å². The third-order valence-electron chi connectivity index (χ3n) is 2.75. The molecule has 0 aliphatic rings. The van der Waals surface area contributed by atoms with E-state index in [9.17, 15) is 14.3 Å². The van der Waals surface area contributed by atoms with Crippen LogP contribution in [0.25, 0.3) is 10.1 Å². The van der Waals surface area contributed by atoms with Gasteiger partial charge in [-0.25, -0.2) is 4.39 Å². The molecule has 0 bridgehead atoms. The van der Waals surface area contributed by atoms with E-state index in [0.29, 0.717) is 10.3 Å². The molecule has 108 valence electrons. The quantitative estimate of drug-likeness (QED) is 0.778. The largest absolute Gasteiger partial charge is 0.397 e. The minimum Gasteiger partial charge on any atom is -0.397 e. The number of ether oxygens (including phenoxy) is 1. The lowest BCUT2D eigenvalue weighted by molar-refractivity contribution is 0.0611. The van der Waals surface area contributed by atoms with Gasteiger partial charge in [-0.1, -0.05) is 0 Å². The predicted molar refractivity (Wildman–Crippen MR) is 76.4 cm³/mol. The van der Waals surface area contributed by atoms with E-state index in [2.05, 4.69) is 5.32 Å². The first kappa shape index (κ1) is 14.7. The Bertz CT molecular complexity index is 629. The normalized spacial score (nSPS) is 12.6. The minimum absolute atomic E-state index is 0.0642. The number of aliphatic hydroxyl groups is 1. The number of nitrogens with one attached hydrogen (secondary N) is 1. The average molecular weight is 298 g/mol. The van der Waals surface area contributed by atoms with Crippen LogP contribution in [0.1, 0.15) is 9.67 Å². The van der Waals surface area contributed by atoms with Crippen LogP contribution in [0.4, 0.5) is 10.1 Å². The van der Waals surface area contributed by atoms with Crippen molar-refractivity contribution in [2.75, 3.05) is 26.0 Å². The second kappa shape index (κ2) is 6.17. The number of thiophene rings is 1. The first-order valence-corrected chi connectivity index (χ1v) is 6.77. The standard InChI is InChI=1S/C13H15FN2O3S/c1-19-6-8(17)5-16-13(18)12-11(15)9-4-7(14)2-3-10(9)20-12/h2-4,8,17H,5-6,15H2,1H3,(H,16,18). The maximum absolute atomic E-state index is 13.2. The van der Waals surface area contributed by atoms with E-state index >= 15 is 0 Å². The van der Waals surface area contributed by atoms with Crippen molar-refractivity contribution in [1.82, 2.24) is 5.32 Å². The molecule has 1 atom stereocenters. The molecular weight excluding hydrogens is 283 g/mol. The van der Waals surface area contributed by atoms with Crippen LogP contribution in [0.15, 0.2) is 18.2 Å². The highest BCUT2D eigenvalue weighted by Gasteiger charge is 2.17. The van der Waals surface area contributed by atoms with Crippen molar-refractivity contribution >= 4 is 33.0 Å². The Balaban J connectivity index is 2.16. The summed E-state index contributed by atoms with van der Waals surface area (Å²) in [5.41, 5.74) is 6.12. The van der Waals surface area contributed by atoms with Crippen molar-refractivity contribution in [1.29, 1.82) is 0 Å². The highest BCUT2D eigenvalue weighted by atomic mass is 32.1. The topological polar surface area (TPSA) is 84.6 Å². The molecule has 2 aromatic rings. The molecule has 5 nitrogen and oxygen atoms in total. The number of amides is 1. The fourth-order valence-electron chi connectivity index (χ4n) is 1.80. The van der Waals surface area contributed by atoms with Gasteiger partial charge >= 0.3 is 0 Å². The van der Waals surface area contributed by atoms with Crippen molar-refractivity contribution in [3.05, 3.63) is 28.9 Å². The summed E-state index contributed by atoms with van der Waals surface area (Å²) >= 11 is 1.19. The molecule has 1 heterocycles. The summed E-state index contributed by atoms with van der Waals surface area (Å²) in [7, 11) is 1.46. The van der Waals surface area contributed by atoms with Gasteiger partial charge in [-0.3, -0.25) is 4.79 Å². The number of anilines is 1.